The highest BCUT2D eigenvalue weighted by atomic mass is 19.1. The van der Waals surface area contributed by atoms with Crippen LogP contribution in [0.2, 0.25) is 0 Å². The summed E-state index contributed by atoms with van der Waals surface area (Å²) >= 11 is 0. The van der Waals surface area contributed by atoms with Crippen molar-refractivity contribution in [2.45, 2.75) is 32.4 Å². The lowest BCUT2D eigenvalue weighted by molar-refractivity contribution is 0.0263. The summed E-state index contributed by atoms with van der Waals surface area (Å²) in [5.74, 6) is 1.10. The molecule has 1 saturated heterocycles. The molecule has 1 N–H and O–H groups in total. The fraction of sp³-hybridized carbons (Fsp3) is 0.429. The highest BCUT2D eigenvalue weighted by Gasteiger charge is 2.21. The predicted molar refractivity (Wildman–Crippen MR) is 107 cm³/mol. The first-order chi connectivity index (χ1) is 13.7. The number of aliphatic imine (C=N–C) groups is 1. The van der Waals surface area contributed by atoms with E-state index in [9.17, 15) is 4.39 Å². The van der Waals surface area contributed by atoms with Crippen molar-refractivity contribution < 1.29 is 13.9 Å². The molecule has 28 heavy (non-hydrogen) atoms. The van der Waals surface area contributed by atoms with Crippen LogP contribution >= 0.6 is 0 Å². The molecule has 1 aliphatic heterocycles. The Labute approximate surface area is 165 Å². The first-order valence-corrected chi connectivity index (χ1v) is 9.63. The molecular formula is C21H27FN4O2. The maximum Gasteiger partial charge on any atom is 0.193 e. The van der Waals surface area contributed by atoms with Gasteiger partial charge >= 0.3 is 0 Å². The largest absolute Gasteiger partial charge is 0.453 e. The number of pyridine rings is 1. The molecule has 0 amide bonds. The van der Waals surface area contributed by atoms with Crippen molar-refractivity contribution in [2.75, 3.05) is 26.7 Å². The number of rotatable bonds is 6. The van der Waals surface area contributed by atoms with Crippen LogP contribution in [0, 0.1) is 5.82 Å². The van der Waals surface area contributed by atoms with Gasteiger partial charge in [0.25, 0.3) is 0 Å². The summed E-state index contributed by atoms with van der Waals surface area (Å²) in [4.78, 5) is 10.5. The van der Waals surface area contributed by atoms with Gasteiger partial charge in [-0.3, -0.25) is 9.98 Å². The van der Waals surface area contributed by atoms with E-state index in [1.54, 1.807) is 37.6 Å². The molecule has 0 atom stereocenters. The van der Waals surface area contributed by atoms with Crippen LogP contribution in [0.4, 0.5) is 4.39 Å². The van der Waals surface area contributed by atoms with Gasteiger partial charge in [-0.1, -0.05) is 6.07 Å². The second-order valence-electron chi connectivity index (χ2n) is 6.60. The summed E-state index contributed by atoms with van der Waals surface area (Å²) in [7, 11) is 1.77. The number of likely N-dealkylation sites (tertiary alicyclic amines) is 1. The molecule has 2 aromatic rings. The lowest BCUT2D eigenvalue weighted by Crippen LogP contribution is -2.46. The minimum absolute atomic E-state index is 0.180. The Morgan fingerprint density at radius 3 is 2.79 bits per heavy atom. The average molecular weight is 386 g/mol. The molecule has 7 heteroatoms. The average Bonchev–Trinajstić information content (AvgIpc) is 2.72. The standard InChI is InChI=1S/C21H27FN4O2/c1-3-27-17-8-11-26(12-9-17)21(23-2)25-14-16-6-7-20(19(22)13-16)28-18-5-4-10-24-15-18/h4-7,10,13,15,17H,3,8-9,11-12,14H2,1-2H3,(H,23,25). The van der Waals surface area contributed by atoms with E-state index in [-0.39, 0.29) is 5.75 Å². The lowest BCUT2D eigenvalue weighted by atomic mass is 10.1. The normalized spacial score (nSPS) is 15.5. The molecule has 150 valence electrons. The van der Waals surface area contributed by atoms with E-state index in [4.69, 9.17) is 9.47 Å². The van der Waals surface area contributed by atoms with Gasteiger partial charge in [-0.2, -0.15) is 0 Å². The maximum atomic E-state index is 14.4. The van der Waals surface area contributed by atoms with E-state index < -0.39 is 5.82 Å². The van der Waals surface area contributed by atoms with Crippen LogP contribution in [0.5, 0.6) is 11.5 Å². The van der Waals surface area contributed by atoms with Gasteiger partial charge in [-0.05, 0) is 49.6 Å². The molecule has 6 nitrogen and oxygen atoms in total. The Morgan fingerprint density at radius 1 is 1.32 bits per heavy atom. The first kappa shape index (κ1) is 20.1. The lowest BCUT2D eigenvalue weighted by Gasteiger charge is -2.34. The smallest absolute Gasteiger partial charge is 0.193 e. The molecule has 0 aliphatic carbocycles. The van der Waals surface area contributed by atoms with Crippen LogP contribution in [-0.4, -0.2) is 48.7 Å². The molecule has 3 rings (SSSR count). The van der Waals surface area contributed by atoms with E-state index in [2.05, 4.69) is 20.2 Å². The van der Waals surface area contributed by atoms with Crippen LogP contribution in [0.3, 0.4) is 0 Å². The number of aromatic nitrogens is 1. The van der Waals surface area contributed by atoms with Gasteiger partial charge in [0.1, 0.15) is 5.75 Å². The molecule has 1 aliphatic rings. The number of hydrogen-bond donors (Lipinski definition) is 1. The zero-order chi connectivity index (χ0) is 19.8. The Bertz CT molecular complexity index is 777. The van der Waals surface area contributed by atoms with Crippen LogP contribution in [0.25, 0.3) is 0 Å². The van der Waals surface area contributed by atoms with Gasteiger partial charge in [0.15, 0.2) is 17.5 Å². The SMILES string of the molecule is CCOC1CCN(C(=NC)NCc2ccc(Oc3cccnc3)c(F)c2)CC1. The van der Waals surface area contributed by atoms with Crippen molar-refractivity contribution in [3.63, 3.8) is 0 Å². The zero-order valence-corrected chi connectivity index (χ0v) is 16.4. The van der Waals surface area contributed by atoms with E-state index >= 15 is 0 Å². The minimum Gasteiger partial charge on any atom is -0.453 e. The fourth-order valence-corrected chi connectivity index (χ4v) is 3.25. The fourth-order valence-electron chi connectivity index (χ4n) is 3.25. The Kier molecular flexibility index (Phi) is 7.19. The molecule has 1 aromatic carbocycles. The van der Waals surface area contributed by atoms with E-state index in [0.717, 1.165) is 44.1 Å². The minimum atomic E-state index is -0.407. The molecule has 0 unspecified atom stereocenters. The number of nitrogens with one attached hydrogen (secondary N) is 1. The molecule has 0 saturated carbocycles. The highest BCUT2D eigenvalue weighted by Crippen LogP contribution is 2.24. The monoisotopic (exact) mass is 386 g/mol. The van der Waals surface area contributed by atoms with Crippen molar-refractivity contribution in [1.29, 1.82) is 0 Å². The number of guanidine groups is 1. The molecule has 0 radical (unpaired) electrons. The van der Waals surface area contributed by atoms with Crippen LogP contribution in [-0.2, 0) is 11.3 Å². The van der Waals surface area contributed by atoms with Crippen molar-refractivity contribution in [2.24, 2.45) is 4.99 Å². The summed E-state index contributed by atoms with van der Waals surface area (Å²) < 4.78 is 25.6. The Morgan fingerprint density at radius 2 is 2.14 bits per heavy atom. The van der Waals surface area contributed by atoms with Crippen LogP contribution < -0.4 is 10.1 Å². The van der Waals surface area contributed by atoms with E-state index in [0.29, 0.717) is 18.4 Å². The summed E-state index contributed by atoms with van der Waals surface area (Å²) in [6.07, 6.45) is 5.51. The van der Waals surface area contributed by atoms with Gasteiger partial charge < -0.3 is 19.7 Å². The molecule has 0 spiro atoms. The van der Waals surface area contributed by atoms with Gasteiger partial charge in [0.2, 0.25) is 0 Å². The highest BCUT2D eigenvalue weighted by molar-refractivity contribution is 5.80. The Hall–Kier alpha value is -2.67. The number of benzene rings is 1. The number of ether oxygens (including phenoxy) is 2. The Balaban J connectivity index is 1.54. The van der Waals surface area contributed by atoms with Crippen LogP contribution in [0.1, 0.15) is 25.3 Å². The van der Waals surface area contributed by atoms with Gasteiger partial charge in [0, 0.05) is 39.5 Å². The molecular weight excluding hydrogens is 359 g/mol. The second-order valence-corrected chi connectivity index (χ2v) is 6.60. The van der Waals surface area contributed by atoms with Crippen molar-refractivity contribution in [3.05, 3.63) is 54.1 Å². The number of nitrogens with zero attached hydrogens (tertiary/aromatic N) is 3. The third-order valence-electron chi connectivity index (χ3n) is 4.66. The molecule has 2 heterocycles. The topological polar surface area (TPSA) is 59.0 Å². The number of halogens is 1. The van der Waals surface area contributed by atoms with Crippen molar-refractivity contribution in [3.8, 4) is 11.5 Å². The van der Waals surface area contributed by atoms with Crippen LogP contribution in [0.15, 0.2) is 47.7 Å². The first-order valence-electron chi connectivity index (χ1n) is 9.63. The number of hydrogen-bond acceptors (Lipinski definition) is 4. The summed E-state index contributed by atoms with van der Waals surface area (Å²) in [5.41, 5.74) is 0.821. The zero-order valence-electron chi connectivity index (χ0n) is 16.4. The van der Waals surface area contributed by atoms with E-state index in [1.807, 2.05) is 13.0 Å². The molecule has 0 bridgehead atoms. The molecule has 1 fully saturated rings. The number of piperidine rings is 1. The van der Waals surface area contributed by atoms with Gasteiger partial charge in [-0.25, -0.2) is 4.39 Å². The molecule has 1 aromatic heterocycles. The summed E-state index contributed by atoms with van der Waals surface area (Å²) in [6, 6.07) is 8.44. The van der Waals surface area contributed by atoms with Gasteiger partial charge in [0.05, 0.1) is 12.3 Å². The van der Waals surface area contributed by atoms with E-state index in [1.165, 1.54) is 6.07 Å². The predicted octanol–water partition coefficient (Wildman–Crippen LogP) is 3.59. The second kappa shape index (κ2) is 10.0. The van der Waals surface area contributed by atoms with Crippen molar-refractivity contribution in [1.82, 2.24) is 15.2 Å². The van der Waals surface area contributed by atoms with Crippen molar-refractivity contribution >= 4 is 5.96 Å². The quantitative estimate of drug-likeness (QED) is 0.607. The third kappa shape index (κ3) is 5.42. The summed E-state index contributed by atoms with van der Waals surface area (Å²) in [6.45, 7) is 5.07. The maximum absolute atomic E-state index is 14.4. The van der Waals surface area contributed by atoms with Gasteiger partial charge in [-0.15, -0.1) is 0 Å². The summed E-state index contributed by atoms with van der Waals surface area (Å²) in [5, 5.41) is 3.32. The third-order valence-corrected chi connectivity index (χ3v) is 4.66.